The molecule has 0 fully saturated rings. The summed E-state index contributed by atoms with van der Waals surface area (Å²) in [5.74, 6) is 0. The van der Waals surface area contributed by atoms with Crippen molar-refractivity contribution in [2.24, 2.45) is 0 Å². The molecular weight excluding hydrogens is 158 g/mol. The van der Waals surface area contributed by atoms with Crippen molar-refractivity contribution in [3.05, 3.63) is 11.9 Å². The molecule has 12 heavy (non-hydrogen) atoms. The fourth-order valence-corrected chi connectivity index (χ4v) is 0.884. The van der Waals surface area contributed by atoms with Gasteiger partial charge in [-0.1, -0.05) is 12.1 Å². The lowest BCUT2D eigenvalue weighted by Crippen LogP contribution is -2.17. The molecule has 1 rings (SSSR count). The Morgan fingerprint density at radius 2 is 2.42 bits per heavy atom. The van der Waals surface area contributed by atoms with Crippen LogP contribution in [0.1, 0.15) is 19.0 Å². The van der Waals surface area contributed by atoms with E-state index in [0.29, 0.717) is 18.7 Å². The first-order chi connectivity index (χ1) is 5.77. The number of nitrogens with zero attached hydrogens (tertiary/aromatic N) is 3. The van der Waals surface area contributed by atoms with Gasteiger partial charge in [0.05, 0.1) is 31.1 Å². The van der Waals surface area contributed by atoms with E-state index >= 15 is 0 Å². The van der Waals surface area contributed by atoms with E-state index in [0.717, 1.165) is 0 Å². The second-order valence-corrected chi connectivity index (χ2v) is 2.63. The summed E-state index contributed by atoms with van der Waals surface area (Å²) in [5, 5.41) is 25.4. The maximum Gasteiger partial charge on any atom is 0.0866 e. The molecule has 1 unspecified atom stereocenters. The molecule has 0 saturated carbocycles. The number of hydrogen-bond acceptors (Lipinski definition) is 4. The molecule has 5 nitrogen and oxygen atoms in total. The van der Waals surface area contributed by atoms with Gasteiger partial charge < -0.3 is 10.2 Å². The third-order valence-electron chi connectivity index (χ3n) is 1.71. The molecule has 68 valence electrons. The standard InChI is InChI=1S/C7H13N3O2/c1-2-7(12)4-10-6(5-11)3-8-9-10/h3,7,11-12H,2,4-5H2,1H3. The van der Waals surface area contributed by atoms with Crippen LogP contribution < -0.4 is 0 Å². The quantitative estimate of drug-likeness (QED) is 0.643. The lowest BCUT2D eigenvalue weighted by atomic mass is 10.3. The van der Waals surface area contributed by atoms with E-state index < -0.39 is 6.10 Å². The minimum absolute atomic E-state index is 0.0938. The molecule has 0 saturated heterocycles. The van der Waals surface area contributed by atoms with Crippen molar-refractivity contribution in [2.45, 2.75) is 32.6 Å². The van der Waals surface area contributed by atoms with Crippen molar-refractivity contribution in [1.82, 2.24) is 15.0 Å². The van der Waals surface area contributed by atoms with E-state index in [4.69, 9.17) is 5.11 Å². The van der Waals surface area contributed by atoms with Crippen LogP contribution in [0.4, 0.5) is 0 Å². The molecule has 1 aromatic rings. The average molecular weight is 171 g/mol. The minimum atomic E-state index is -0.419. The zero-order valence-electron chi connectivity index (χ0n) is 7.01. The Morgan fingerprint density at radius 3 is 3.00 bits per heavy atom. The Balaban J connectivity index is 2.61. The van der Waals surface area contributed by atoms with Crippen LogP contribution in [0.25, 0.3) is 0 Å². The molecule has 0 aliphatic heterocycles. The van der Waals surface area contributed by atoms with Crippen molar-refractivity contribution < 1.29 is 10.2 Å². The minimum Gasteiger partial charge on any atom is -0.391 e. The maximum absolute atomic E-state index is 9.28. The molecule has 0 amide bonds. The Kier molecular flexibility index (Phi) is 3.19. The summed E-state index contributed by atoms with van der Waals surface area (Å²) in [6.45, 7) is 2.19. The van der Waals surface area contributed by atoms with Crippen molar-refractivity contribution in [1.29, 1.82) is 0 Å². The SMILES string of the molecule is CCC(O)Cn1nncc1CO. The Morgan fingerprint density at radius 1 is 1.67 bits per heavy atom. The highest BCUT2D eigenvalue weighted by Crippen LogP contribution is 1.99. The highest BCUT2D eigenvalue weighted by Gasteiger charge is 2.06. The monoisotopic (exact) mass is 171 g/mol. The van der Waals surface area contributed by atoms with Crippen LogP contribution in [-0.4, -0.2) is 31.3 Å². The van der Waals surface area contributed by atoms with E-state index in [2.05, 4.69) is 10.3 Å². The summed E-state index contributed by atoms with van der Waals surface area (Å²) in [7, 11) is 0. The molecule has 1 atom stereocenters. The largest absolute Gasteiger partial charge is 0.391 e. The van der Waals surface area contributed by atoms with E-state index in [-0.39, 0.29) is 6.61 Å². The molecule has 0 aliphatic carbocycles. The number of aromatic nitrogens is 3. The van der Waals surface area contributed by atoms with Crippen molar-refractivity contribution in [3.63, 3.8) is 0 Å². The van der Waals surface area contributed by atoms with Crippen molar-refractivity contribution >= 4 is 0 Å². The first-order valence-corrected chi connectivity index (χ1v) is 3.94. The highest BCUT2D eigenvalue weighted by atomic mass is 16.3. The lowest BCUT2D eigenvalue weighted by Gasteiger charge is -2.08. The zero-order valence-corrected chi connectivity index (χ0v) is 7.01. The number of aliphatic hydroxyl groups is 2. The summed E-state index contributed by atoms with van der Waals surface area (Å²) in [4.78, 5) is 0. The van der Waals surface area contributed by atoms with Crippen LogP contribution in [-0.2, 0) is 13.2 Å². The summed E-state index contributed by atoms with van der Waals surface area (Å²) >= 11 is 0. The van der Waals surface area contributed by atoms with E-state index in [1.807, 2.05) is 6.92 Å². The van der Waals surface area contributed by atoms with E-state index in [1.54, 1.807) is 0 Å². The molecule has 1 aromatic heterocycles. The topological polar surface area (TPSA) is 71.2 Å². The molecule has 0 bridgehead atoms. The van der Waals surface area contributed by atoms with E-state index in [9.17, 15) is 5.11 Å². The van der Waals surface area contributed by atoms with Crippen LogP contribution in [0.3, 0.4) is 0 Å². The number of aliphatic hydroxyl groups excluding tert-OH is 2. The summed E-state index contributed by atoms with van der Waals surface area (Å²) in [6.07, 6.45) is 1.74. The molecule has 0 aromatic carbocycles. The third kappa shape index (κ3) is 2.02. The highest BCUT2D eigenvalue weighted by molar-refractivity contribution is 4.91. The Hall–Kier alpha value is -0.940. The van der Waals surface area contributed by atoms with Gasteiger partial charge in [0.15, 0.2) is 0 Å². The molecule has 0 spiro atoms. The zero-order chi connectivity index (χ0) is 8.97. The van der Waals surface area contributed by atoms with Crippen LogP contribution in [0.15, 0.2) is 6.20 Å². The third-order valence-corrected chi connectivity index (χ3v) is 1.71. The van der Waals surface area contributed by atoms with Gasteiger partial charge in [-0.15, -0.1) is 5.10 Å². The van der Waals surface area contributed by atoms with Crippen LogP contribution in [0.5, 0.6) is 0 Å². The van der Waals surface area contributed by atoms with Gasteiger partial charge in [0.25, 0.3) is 0 Å². The molecule has 2 N–H and O–H groups in total. The predicted molar refractivity (Wildman–Crippen MR) is 42.2 cm³/mol. The van der Waals surface area contributed by atoms with Gasteiger partial charge in [-0.2, -0.15) is 0 Å². The Bertz CT molecular complexity index is 236. The van der Waals surface area contributed by atoms with Gasteiger partial charge >= 0.3 is 0 Å². The molecule has 0 aliphatic rings. The number of rotatable bonds is 4. The van der Waals surface area contributed by atoms with Gasteiger partial charge in [-0.25, -0.2) is 4.68 Å². The fraction of sp³-hybridized carbons (Fsp3) is 0.714. The first-order valence-electron chi connectivity index (χ1n) is 3.94. The number of hydrogen-bond donors (Lipinski definition) is 2. The normalized spacial score (nSPS) is 13.2. The second kappa shape index (κ2) is 4.18. The van der Waals surface area contributed by atoms with Gasteiger partial charge in [0.1, 0.15) is 0 Å². The maximum atomic E-state index is 9.28. The molecule has 5 heteroatoms. The molecular formula is C7H13N3O2. The second-order valence-electron chi connectivity index (χ2n) is 2.63. The van der Waals surface area contributed by atoms with Gasteiger partial charge in [0.2, 0.25) is 0 Å². The molecule has 1 heterocycles. The fourth-order valence-electron chi connectivity index (χ4n) is 0.884. The van der Waals surface area contributed by atoms with Gasteiger partial charge in [0, 0.05) is 0 Å². The van der Waals surface area contributed by atoms with Crippen LogP contribution in [0, 0.1) is 0 Å². The Labute approximate surface area is 70.6 Å². The smallest absolute Gasteiger partial charge is 0.0866 e. The van der Waals surface area contributed by atoms with Crippen LogP contribution in [0.2, 0.25) is 0 Å². The summed E-state index contributed by atoms with van der Waals surface area (Å²) < 4.78 is 1.51. The van der Waals surface area contributed by atoms with Crippen LogP contribution >= 0.6 is 0 Å². The van der Waals surface area contributed by atoms with Gasteiger partial charge in [-0.05, 0) is 6.42 Å². The van der Waals surface area contributed by atoms with E-state index in [1.165, 1.54) is 10.9 Å². The average Bonchev–Trinajstić information content (AvgIpc) is 2.51. The predicted octanol–water partition coefficient (Wildman–Crippen LogP) is -0.459. The summed E-state index contributed by atoms with van der Waals surface area (Å²) in [6, 6.07) is 0. The lowest BCUT2D eigenvalue weighted by molar-refractivity contribution is 0.140. The van der Waals surface area contributed by atoms with Crippen molar-refractivity contribution in [3.8, 4) is 0 Å². The van der Waals surface area contributed by atoms with Crippen molar-refractivity contribution in [2.75, 3.05) is 0 Å². The first kappa shape index (κ1) is 9.15. The molecule has 0 radical (unpaired) electrons. The summed E-state index contributed by atoms with van der Waals surface area (Å²) in [5.41, 5.74) is 0.627. The van der Waals surface area contributed by atoms with Gasteiger partial charge in [-0.3, -0.25) is 0 Å².